The standard InChI is InChI=1S/C90H143NO8/c1-6-8-10-12-14-16-18-20-22-24-26-28-30-32-34-36-38-40-41-42-43-44-45-46-47-49-51-53-55-57-59-61-63-65-67-69-71-73-75-77-79-81-88(93)99-86(85-98-90(89(94)95)96-83-82-91(3,4)5)84-97-87(92)80-78-76-74-72-70-68-66-64-62-60-58-56-54-52-50-48-39-37-35-33-31-29-27-25-23-21-19-17-15-13-11-9-7-2/h8-11,14-17,20-23,26-29,32-35,38-40,42-43,45-46,48-49,51,55,57,61,63,86,90H,6-7,12-13,18-19,24-25,30-31,36-37,41,44,47,50,52-54,56,58-60,62,64-85H2,1-5H3/b10-8-,11-9-,16-14-,17-15-,22-20-,23-21-,28-26-,29-27-,34-32-,35-33-,40-38-,43-42-,46-45-,48-39-,51-49-,57-55-,63-61-. The molecule has 0 saturated carbocycles. The first-order valence-corrected chi connectivity index (χ1v) is 39.2. The Kier molecular flexibility index (Phi) is 72.8. The number of carboxylic acids is 1. The van der Waals surface area contributed by atoms with E-state index in [1.54, 1.807) is 0 Å². The average molecular weight is 1370 g/mol. The second-order valence-electron chi connectivity index (χ2n) is 26.5. The van der Waals surface area contributed by atoms with Gasteiger partial charge in [-0.2, -0.15) is 0 Å². The molecule has 0 rings (SSSR count). The summed E-state index contributed by atoms with van der Waals surface area (Å²) < 4.78 is 22.8. The highest BCUT2D eigenvalue weighted by atomic mass is 16.7. The van der Waals surface area contributed by atoms with Crippen molar-refractivity contribution in [1.29, 1.82) is 0 Å². The van der Waals surface area contributed by atoms with E-state index in [9.17, 15) is 19.5 Å². The van der Waals surface area contributed by atoms with Crippen LogP contribution in [0.2, 0.25) is 0 Å². The summed E-state index contributed by atoms with van der Waals surface area (Å²) >= 11 is 0. The molecule has 0 aromatic rings. The molecule has 0 aliphatic rings. The van der Waals surface area contributed by atoms with Crippen LogP contribution in [0.3, 0.4) is 0 Å². The van der Waals surface area contributed by atoms with Crippen LogP contribution >= 0.6 is 0 Å². The number of carboxylic acid groups (broad SMARTS) is 1. The van der Waals surface area contributed by atoms with Crippen molar-refractivity contribution in [2.75, 3.05) is 47.5 Å². The Morgan fingerprint density at radius 1 is 0.303 bits per heavy atom. The third kappa shape index (κ3) is 79.1. The van der Waals surface area contributed by atoms with Gasteiger partial charge in [-0.3, -0.25) is 9.59 Å². The third-order valence-corrected chi connectivity index (χ3v) is 16.0. The van der Waals surface area contributed by atoms with Gasteiger partial charge in [-0.25, -0.2) is 0 Å². The second-order valence-corrected chi connectivity index (χ2v) is 26.5. The molecule has 0 saturated heterocycles. The van der Waals surface area contributed by atoms with Gasteiger partial charge in [-0.05, 0) is 148 Å². The number of allylic oxidation sites excluding steroid dienone is 34. The summed E-state index contributed by atoms with van der Waals surface area (Å²) in [5.74, 6) is -2.31. The first kappa shape index (κ1) is 92.9. The van der Waals surface area contributed by atoms with Gasteiger partial charge < -0.3 is 33.3 Å². The van der Waals surface area contributed by atoms with Gasteiger partial charge >= 0.3 is 11.9 Å². The predicted octanol–water partition coefficient (Wildman–Crippen LogP) is 24.1. The number of carbonyl (C=O) groups is 3. The van der Waals surface area contributed by atoms with Crippen molar-refractivity contribution in [3.05, 3.63) is 207 Å². The topological polar surface area (TPSA) is 111 Å². The molecule has 0 heterocycles. The molecule has 9 heteroatoms. The Labute approximate surface area is 607 Å². The zero-order valence-corrected chi connectivity index (χ0v) is 63.5. The molecule has 556 valence electrons. The van der Waals surface area contributed by atoms with Gasteiger partial charge in [0.1, 0.15) is 13.2 Å². The highest BCUT2D eigenvalue weighted by Crippen LogP contribution is 2.16. The second kappa shape index (κ2) is 77.6. The molecule has 2 atom stereocenters. The molecular weight excluding hydrogens is 1220 g/mol. The molecule has 0 aliphatic carbocycles. The Hall–Kier alpha value is -6.13. The van der Waals surface area contributed by atoms with Crippen LogP contribution in [-0.2, 0) is 33.3 Å². The van der Waals surface area contributed by atoms with E-state index in [2.05, 4.69) is 220 Å². The Balaban J connectivity index is 4.16. The summed E-state index contributed by atoms with van der Waals surface area (Å²) in [6.45, 7) is 4.50. The Bertz CT molecular complexity index is 2390. The maximum Gasteiger partial charge on any atom is 0.306 e. The molecule has 0 radical (unpaired) electrons. The molecule has 9 nitrogen and oxygen atoms in total. The molecule has 0 aliphatic heterocycles. The van der Waals surface area contributed by atoms with Gasteiger partial charge in [0, 0.05) is 12.8 Å². The van der Waals surface area contributed by atoms with E-state index < -0.39 is 24.3 Å². The van der Waals surface area contributed by atoms with E-state index in [0.29, 0.717) is 17.4 Å². The van der Waals surface area contributed by atoms with Crippen LogP contribution in [0.15, 0.2) is 207 Å². The number of carbonyl (C=O) groups excluding carboxylic acids is 3. The van der Waals surface area contributed by atoms with Gasteiger partial charge in [0.2, 0.25) is 0 Å². The Morgan fingerprint density at radius 3 is 0.808 bits per heavy atom. The average Bonchev–Trinajstić information content (AvgIpc) is 2.62. The van der Waals surface area contributed by atoms with Crippen molar-refractivity contribution in [2.24, 2.45) is 0 Å². The number of quaternary nitrogens is 1. The number of nitrogens with zero attached hydrogens (tertiary/aromatic N) is 1. The Morgan fingerprint density at radius 2 is 0.545 bits per heavy atom. The summed E-state index contributed by atoms with van der Waals surface area (Å²) in [5.41, 5.74) is 0. The van der Waals surface area contributed by atoms with Crippen molar-refractivity contribution in [1.82, 2.24) is 0 Å². The molecule has 99 heavy (non-hydrogen) atoms. The third-order valence-electron chi connectivity index (χ3n) is 16.0. The minimum atomic E-state index is -1.64. The number of unbranched alkanes of at least 4 members (excludes halogenated alkanes) is 21. The zero-order valence-electron chi connectivity index (χ0n) is 63.5. The molecule has 0 fully saturated rings. The molecule has 0 bridgehead atoms. The lowest BCUT2D eigenvalue weighted by molar-refractivity contribution is -0.870. The number of hydrogen-bond donors (Lipinski definition) is 0. The number of aliphatic carboxylic acids is 1. The van der Waals surface area contributed by atoms with Crippen LogP contribution in [0.4, 0.5) is 0 Å². The molecule has 0 amide bonds. The van der Waals surface area contributed by atoms with Gasteiger partial charge in [-0.1, -0.05) is 330 Å². The molecule has 0 spiro atoms. The lowest BCUT2D eigenvalue weighted by Gasteiger charge is -2.26. The largest absolute Gasteiger partial charge is 0.545 e. The number of hydrogen-bond acceptors (Lipinski definition) is 8. The SMILES string of the molecule is CC/C=C\C/C=C\C/C=C\C/C=C\C/C=C\C/C=C\C/C=C\C/C=C\C/C=C\C/C=C\C/C=C\CCCCCCCCCC(=O)OC(COC(=O)CCCCCCCCCCCCCCCC/C=C\C/C=C\C/C=C\C/C=C\C/C=C\C/C=C\CC)COC(OCC[N+](C)(C)C)C(=O)[O-]. The summed E-state index contributed by atoms with van der Waals surface area (Å²) in [4.78, 5) is 37.6. The van der Waals surface area contributed by atoms with Gasteiger partial charge in [0.25, 0.3) is 0 Å². The van der Waals surface area contributed by atoms with Crippen LogP contribution in [0.5, 0.6) is 0 Å². The van der Waals surface area contributed by atoms with E-state index in [1.807, 2.05) is 21.1 Å². The maximum absolute atomic E-state index is 13.0. The highest BCUT2D eigenvalue weighted by molar-refractivity contribution is 5.70. The fourth-order valence-electron chi connectivity index (χ4n) is 10.1. The molecule has 2 unspecified atom stereocenters. The molecular formula is C90H143NO8. The predicted molar refractivity (Wildman–Crippen MR) is 425 cm³/mol. The van der Waals surface area contributed by atoms with Crippen LogP contribution in [0, 0.1) is 0 Å². The van der Waals surface area contributed by atoms with E-state index in [-0.39, 0.29) is 38.6 Å². The van der Waals surface area contributed by atoms with Gasteiger partial charge in [0.15, 0.2) is 12.4 Å². The highest BCUT2D eigenvalue weighted by Gasteiger charge is 2.22. The van der Waals surface area contributed by atoms with E-state index >= 15 is 0 Å². The molecule has 0 N–H and O–H groups in total. The summed E-state index contributed by atoms with van der Waals surface area (Å²) in [6.07, 6.45) is 118. The maximum atomic E-state index is 13.0. The fourth-order valence-corrected chi connectivity index (χ4v) is 10.1. The number of esters is 2. The van der Waals surface area contributed by atoms with Crippen molar-refractivity contribution < 1.29 is 42.9 Å². The summed E-state index contributed by atoms with van der Waals surface area (Å²) in [6, 6.07) is 0. The van der Waals surface area contributed by atoms with E-state index in [1.165, 1.54) is 89.9 Å². The van der Waals surface area contributed by atoms with Crippen molar-refractivity contribution in [3.63, 3.8) is 0 Å². The minimum Gasteiger partial charge on any atom is -0.545 e. The van der Waals surface area contributed by atoms with E-state index in [4.69, 9.17) is 18.9 Å². The smallest absolute Gasteiger partial charge is 0.306 e. The number of ether oxygens (including phenoxy) is 4. The lowest BCUT2D eigenvalue weighted by Crippen LogP contribution is -2.44. The lowest BCUT2D eigenvalue weighted by atomic mass is 10.0. The summed E-state index contributed by atoms with van der Waals surface area (Å²) in [5, 5.41) is 11.9. The van der Waals surface area contributed by atoms with Crippen LogP contribution in [-0.4, -0.2) is 82.3 Å². The van der Waals surface area contributed by atoms with Crippen molar-refractivity contribution in [2.45, 2.75) is 296 Å². The first-order chi connectivity index (χ1) is 48.6. The van der Waals surface area contributed by atoms with Crippen LogP contribution < -0.4 is 5.11 Å². The van der Waals surface area contributed by atoms with Crippen molar-refractivity contribution in [3.8, 4) is 0 Å². The number of rotatable bonds is 70. The molecule has 0 aromatic carbocycles. The number of likely N-dealkylation sites (N-methyl/N-ethyl adjacent to an activating group) is 1. The monoisotopic (exact) mass is 1370 g/mol. The van der Waals surface area contributed by atoms with Crippen molar-refractivity contribution >= 4 is 17.9 Å². The minimum absolute atomic E-state index is 0.135. The first-order valence-electron chi connectivity index (χ1n) is 39.2. The quantitative estimate of drug-likeness (QED) is 0.0195. The summed E-state index contributed by atoms with van der Waals surface area (Å²) in [7, 11) is 5.92. The van der Waals surface area contributed by atoms with Crippen LogP contribution in [0.25, 0.3) is 0 Å². The van der Waals surface area contributed by atoms with Gasteiger partial charge in [0.05, 0.1) is 40.3 Å². The van der Waals surface area contributed by atoms with Crippen LogP contribution in [0.1, 0.15) is 284 Å². The van der Waals surface area contributed by atoms with Gasteiger partial charge in [-0.15, -0.1) is 0 Å². The normalized spacial score (nSPS) is 13.8. The zero-order chi connectivity index (χ0) is 71.8. The van der Waals surface area contributed by atoms with E-state index in [0.717, 1.165) is 161 Å². The molecule has 0 aromatic heterocycles. The fraction of sp³-hybridized carbons (Fsp3) is 0.589.